The number of Topliss-reactive ketones (excluding diaryl/α,β-unsaturated/α-hetero) is 1. The molecule has 1 aromatic rings. The molecule has 2 saturated carbocycles. The lowest BCUT2D eigenvalue weighted by Crippen LogP contribution is -2.62. The van der Waals surface area contributed by atoms with E-state index in [4.69, 9.17) is 0 Å². The van der Waals surface area contributed by atoms with Crippen LogP contribution in [-0.4, -0.2) is 86.9 Å². The zero-order valence-electron chi connectivity index (χ0n) is 28.5. The lowest BCUT2D eigenvalue weighted by Gasteiger charge is -2.37. The fraction of sp³-hybridized carbons (Fsp3) is 0.706. The normalized spacial score (nSPS) is 23.1. The van der Waals surface area contributed by atoms with Gasteiger partial charge in [0.15, 0.2) is 0 Å². The number of ketones is 1. The van der Waals surface area contributed by atoms with Crippen molar-refractivity contribution < 1.29 is 28.8 Å². The van der Waals surface area contributed by atoms with Gasteiger partial charge in [-0.3, -0.25) is 33.8 Å². The van der Waals surface area contributed by atoms with Crippen molar-refractivity contribution in [2.24, 2.45) is 23.2 Å². The summed E-state index contributed by atoms with van der Waals surface area (Å²) in [6.45, 7) is 11.5. The minimum atomic E-state index is -1.01. The average molecular weight is 654 g/mol. The highest BCUT2D eigenvalue weighted by Crippen LogP contribution is 2.43. The van der Waals surface area contributed by atoms with Gasteiger partial charge in [0.25, 0.3) is 11.8 Å². The van der Waals surface area contributed by atoms with Crippen LogP contribution in [-0.2, 0) is 24.0 Å². The Labute approximate surface area is 277 Å². The third kappa shape index (κ3) is 8.72. The standard InChI is InChI=1S/C34H51N7O6/c1-7-10-23(27(42)32(46)37-21-13-14-21)38-31(45)26-22-12-9-11-20(22)18-41(26)33(47)28(34(4,5)6)40-30(44)25(19(3)8-2)39-29(43)24-17-35-15-16-36-24/h15-17,19-23,25-26,28H,7-14,18H2,1-6H3,(H,37,46)(H,38,45)(H,39,43)(H,40,44)/t19?,20-,22-,23-,25-,26-,28+/m0/s1. The highest BCUT2D eigenvalue weighted by Gasteiger charge is 2.52. The molecule has 1 unspecified atom stereocenters. The Hall–Kier alpha value is -3.90. The molecule has 1 aliphatic heterocycles. The zero-order valence-corrected chi connectivity index (χ0v) is 28.5. The molecule has 13 nitrogen and oxygen atoms in total. The average Bonchev–Trinajstić information content (AvgIpc) is 3.61. The van der Waals surface area contributed by atoms with Crippen molar-refractivity contribution in [3.05, 3.63) is 24.3 Å². The lowest BCUT2D eigenvalue weighted by atomic mass is 9.84. The third-order valence-electron chi connectivity index (χ3n) is 9.77. The third-order valence-corrected chi connectivity index (χ3v) is 9.77. The zero-order chi connectivity index (χ0) is 34.5. The van der Waals surface area contributed by atoms with Crippen molar-refractivity contribution in [1.29, 1.82) is 0 Å². The van der Waals surface area contributed by atoms with Crippen LogP contribution in [0.15, 0.2) is 18.6 Å². The van der Waals surface area contributed by atoms with Gasteiger partial charge in [-0.1, -0.05) is 60.8 Å². The van der Waals surface area contributed by atoms with E-state index in [9.17, 15) is 28.8 Å². The molecule has 0 aromatic carbocycles. The number of hydrogen-bond donors (Lipinski definition) is 4. The molecule has 3 aliphatic rings. The number of aromatic nitrogens is 2. The van der Waals surface area contributed by atoms with Crippen LogP contribution in [0.2, 0.25) is 0 Å². The summed E-state index contributed by atoms with van der Waals surface area (Å²) in [6, 6.07) is -3.78. The second-order valence-corrected chi connectivity index (χ2v) is 14.5. The summed E-state index contributed by atoms with van der Waals surface area (Å²) in [7, 11) is 0. The molecule has 0 spiro atoms. The number of nitrogens with zero attached hydrogens (tertiary/aromatic N) is 3. The second-order valence-electron chi connectivity index (χ2n) is 14.5. The Kier molecular flexibility index (Phi) is 11.7. The molecule has 2 heterocycles. The molecule has 4 rings (SSSR count). The molecule has 1 saturated heterocycles. The van der Waals surface area contributed by atoms with E-state index in [1.807, 2.05) is 41.5 Å². The van der Waals surface area contributed by atoms with E-state index in [0.717, 1.165) is 32.1 Å². The smallest absolute Gasteiger partial charge is 0.289 e. The SMILES string of the molecule is CCC[C@H](NC(=O)[C@@H]1[C@H]2CCC[C@H]2CN1C(=O)[C@@H](NC(=O)[C@@H](NC(=O)c1cnccn1)C(C)CC)C(C)(C)C)C(=O)C(=O)NC1CC1. The van der Waals surface area contributed by atoms with Crippen molar-refractivity contribution >= 4 is 35.3 Å². The molecule has 4 N–H and O–H groups in total. The summed E-state index contributed by atoms with van der Waals surface area (Å²) in [5, 5.41) is 11.3. The van der Waals surface area contributed by atoms with Crippen LogP contribution in [0, 0.1) is 23.2 Å². The Bertz CT molecular complexity index is 1330. The molecule has 1 aromatic heterocycles. The summed E-state index contributed by atoms with van der Waals surface area (Å²) >= 11 is 0. The van der Waals surface area contributed by atoms with Gasteiger partial charge < -0.3 is 26.2 Å². The first-order chi connectivity index (χ1) is 22.3. The van der Waals surface area contributed by atoms with Crippen LogP contribution in [0.25, 0.3) is 0 Å². The first-order valence-electron chi connectivity index (χ1n) is 17.1. The fourth-order valence-electron chi connectivity index (χ4n) is 6.71. The molecular weight excluding hydrogens is 602 g/mol. The van der Waals surface area contributed by atoms with Gasteiger partial charge in [-0.2, -0.15) is 0 Å². The highest BCUT2D eigenvalue weighted by atomic mass is 16.2. The number of nitrogens with one attached hydrogen (secondary N) is 4. The van der Waals surface area contributed by atoms with Crippen molar-refractivity contribution in [3.63, 3.8) is 0 Å². The summed E-state index contributed by atoms with van der Waals surface area (Å²) in [5.41, 5.74) is -0.679. The number of carbonyl (C=O) groups excluding carboxylic acids is 6. The number of carbonyl (C=O) groups is 6. The Morgan fingerprint density at radius 3 is 2.30 bits per heavy atom. The minimum absolute atomic E-state index is 0.0106. The first-order valence-corrected chi connectivity index (χ1v) is 17.1. The number of likely N-dealkylation sites (tertiary alicyclic amines) is 1. The summed E-state index contributed by atoms with van der Waals surface area (Å²) in [6.07, 6.45) is 9.86. The van der Waals surface area contributed by atoms with Gasteiger partial charge in [0.2, 0.25) is 23.5 Å². The monoisotopic (exact) mass is 653 g/mol. The van der Waals surface area contributed by atoms with Crippen molar-refractivity contribution in [1.82, 2.24) is 36.1 Å². The summed E-state index contributed by atoms with van der Waals surface area (Å²) in [4.78, 5) is 90.4. The van der Waals surface area contributed by atoms with Gasteiger partial charge in [0, 0.05) is 25.0 Å². The molecule has 0 bridgehead atoms. The Balaban J connectivity index is 1.55. The van der Waals surface area contributed by atoms with E-state index in [1.165, 1.54) is 18.6 Å². The molecule has 7 atom stereocenters. The molecule has 258 valence electrons. The fourth-order valence-corrected chi connectivity index (χ4v) is 6.71. The summed E-state index contributed by atoms with van der Waals surface area (Å²) in [5.74, 6) is -3.52. The maximum Gasteiger partial charge on any atom is 0.289 e. The first kappa shape index (κ1) is 35.9. The van der Waals surface area contributed by atoms with Crippen molar-refractivity contribution in [3.8, 4) is 0 Å². The highest BCUT2D eigenvalue weighted by molar-refractivity contribution is 6.38. The number of hydrogen-bond acceptors (Lipinski definition) is 8. The topological polar surface area (TPSA) is 180 Å². The van der Waals surface area contributed by atoms with Crippen LogP contribution >= 0.6 is 0 Å². The van der Waals surface area contributed by atoms with Gasteiger partial charge in [0.05, 0.1) is 12.2 Å². The van der Waals surface area contributed by atoms with Gasteiger partial charge in [-0.25, -0.2) is 4.98 Å². The Morgan fingerprint density at radius 2 is 1.70 bits per heavy atom. The van der Waals surface area contributed by atoms with E-state index in [-0.39, 0.29) is 29.5 Å². The summed E-state index contributed by atoms with van der Waals surface area (Å²) < 4.78 is 0. The molecular formula is C34H51N7O6. The van der Waals surface area contributed by atoms with Crippen LogP contribution in [0.1, 0.15) is 103 Å². The maximum atomic E-state index is 14.5. The predicted octanol–water partition coefficient (Wildman–Crippen LogP) is 1.91. The number of amides is 5. The minimum Gasteiger partial charge on any atom is -0.347 e. The van der Waals surface area contributed by atoms with Gasteiger partial charge in [-0.15, -0.1) is 0 Å². The molecule has 3 fully saturated rings. The largest absolute Gasteiger partial charge is 0.347 e. The predicted molar refractivity (Wildman–Crippen MR) is 173 cm³/mol. The second kappa shape index (κ2) is 15.3. The van der Waals surface area contributed by atoms with Crippen LogP contribution in [0.3, 0.4) is 0 Å². The van der Waals surface area contributed by atoms with Crippen molar-refractivity contribution in [2.45, 2.75) is 123 Å². The molecule has 0 radical (unpaired) electrons. The number of fused-ring (bicyclic) bond motifs is 1. The van der Waals surface area contributed by atoms with E-state index in [2.05, 4.69) is 31.2 Å². The molecule has 13 heteroatoms. The van der Waals surface area contributed by atoms with E-state index in [1.54, 1.807) is 4.90 Å². The van der Waals surface area contributed by atoms with E-state index >= 15 is 0 Å². The molecule has 47 heavy (non-hydrogen) atoms. The molecule has 5 amide bonds. The van der Waals surface area contributed by atoms with Crippen LogP contribution in [0.5, 0.6) is 0 Å². The number of rotatable bonds is 14. The van der Waals surface area contributed by atoms with Gasteiger partial charge in [-0.05, 0) is 55.3 Å². The lowest BCUT2D eigenvalue weighted by molar-refractivity contribution is -0.146. The van der Waals surface area contributed by atoms with Gasteiger partial charge >= 0.3 is 0 Å². The quantitative estimate of drug-likeness (QED) is 0.220. The molecule has 2 aliphatic carbocycles. The van der Waals surface area contributed by atoms with E-state index in [0.29, 0.717) is 25.8 Å². The van der Waals surface area contributed by atoms with Gasteiger partial charge in [0.1, 0.15) is 23.8 Å². The Morgan fingerprint density at radius 1 is 0.979 bits per heavy atom. The van der Waals surface area contributed by atoms with Crippen LogP contribution in [0.4, 0.5) is 0 Å². The van der Waals surface area contributed by atoms with Crippen LogP contribution < -0.4 is 21.3 Å². The van der Waals surface area contributed by atoms with Crippen molar-refractivity contribution in [2.75, 3.05) is 6.54 Å². The van der Waals surface area contributed by atoms with E-state index < -0.39 is 64.9 Å². The maximum absolute atomic E-state index is 14.5.